The van der Waals surface area contributed by atoms with Crippen LogP contribution in [0.4, 0.5) is 5.95 Å². The standard InChI is InChI=1S/C17H21BrN8O/c1-10-13(11(2)26-17(22-10)23-16(19)24-26)4-5-15(27)25(3)7-6-14-20-8-12(18)9-21-14/h8-9H,4-7H2,1-3H3,(H2,19,24). The number of nitrogens with zero attached hydrogens (tertiary/aromatic N) is 7. The average Bonchev–Trinajstić information content (AvgIpc) is 3.01. The van der Waals surface area contributed by atoms with E-state index < -0.39 is 0 Å². The van der Waals surface area contributed by atoms with E-state index in [2.05, 4.69) is 41.0 Å². The Hall–Kier alpha value is -2.62. The maximum absolute atomic E-state index is 12.5. The lowest BCUT2D eigenvalue weighted by atomic mass is 10.1. The third-order valence-corrected chi connectivity index (χ3v) is 4.83. The van der Waals surface area contributed by atoms with Gasteiger partial charge in [-0.3, -0.25) is 4.79 Å². The zero-order chi connectivity index (χ0) is 19.6. The first-order valence-electron chi connectivity index (χ1n) is 8.54. The summed E-state index contributed by atoms with van der Waals surface area (Å²) in [4.78, 5) is 31.2. The molecule has 0 saturated carbocycles. The highest BCUT2D eigenvalue weighted by Crippen LogP contribution is 2.16. The Labute approximate surface area is 165 Å². The molecule has 27 heavy (non-hydrogen) atoms. The number of aryl methyl sites for hydroxylation is 2. The summed E-state index contributed by atoms with van der Waals surface area (Å²) in [6.45, 7) is 4.41. The fraction of sp³-hybridized carbons (Fsp3) is 0.412. The molecule has 142 valence electrons. The molecule has 0 radical (unpaired) electrons. The number of nitrogen functional groups attached to an aromatic ring is 1. The molecule has 0 fully saturated rings. The van der Waals surface area contributed by atoms with Gasteiger partial charge < -0.3 is 10.6 Å². The zero-order valence-electron chi connectivity index (χ0n) is 15.5. The van der Waals surface area contributed by atoms with E-state index in [1.165, 1.54) is 0 Å². The molecule has 1 amide bonds. The molecule has 3 heterocycles. The van der Waals surface area contributed by atoms with Gasteiger partial charge in [0.15, 0.2) is 0 Å². The van der Waals surface area contributed by atoms with Crippen molar-refractivity contribution in [3.05, 3.63) is 39.6 Å². The summed E-state index contributed by atoms with van der Waals surface area (Å²) in [6, 6.07) is 0. The first-order valence-corrected chi connectivity index (χ1v) is 9.33. The van der Waals surface area contributed by atoms with Gasteiger partial charge in [0.05, 0.1) is 4.47 Å². The summed E-state index contributed by atoms with van der Waals surface area (Å²) in [7, 11) is 1.79. The van der Waals surface area contributed by atoms with Crippen LogP contribution in [0, 0.1) is 13.8 Å². The van der Waals surface area contributed by atoms with Gasteiger partial charge in [-0.1, -0.05) is 0 Å². The number of halogens is 1. The molecule has 0 bridgehead atoms. The monoisotopic (exact) mass is 432 g/mol. The fourth-order valence-electron chi connectivity index (χ4n) is 2.87. The number of likely N-dealkylation sites (N-methyl/N-ethyl adjacent to an activating group) is 1. The fourth-order valence-corrected chi connectivity index (χ4v) is 3.07. The Balaban J connectivity index is 1.61. The minimum atomic E-state index is 0.0594. The van der Waals surface area contributed by atoms with Crippen molar-refractivity contribution in [3.8, 4) is 0 Å². The number of nitrogens with two attached hydrogens (primary N) is 1. The highest BCUT2D eigenvalue weighted by atomic mass is 79.9. The second-order valence-corrected chi connectivity index (χ2v) is 7.24. The molecule has 3 aromatic rings. The molecular weight excluding hydrogens is 412 g/mol. The summed E-state index contributed by atoms with van der Waals surface area (Å²) in [5.74, 6) is 1.43. The minimum absolute atomic E-state index is 0.0594. The van der Waals surface area contributed by atoms with Gasteiger partial charge in [-0.25, -0.2) is 15.0 Å². The number of rotatable bonds is 6. The van der Waals surface area contributed by atoms with Gasteiger partial charge in [0.25, 0.3) is 5.78 Å². The Morgan fingerprint density at radius 3 is 2.63 bits per heavy atom. The Morgan fingerprint density at radius 1 is 1.22 bits per heavy atom. The predicted molar refractivity (Wildman–Crippen MR) is 104 cm³/mol. The van der Waals surface area contributed by atoms with E-state index in [9.17, 15) is 4.79 Å². The van der Waals surface area contributed by atoms with Crippen LogP contribution in [-0.2, 0) is 17.6 Å². The van der Waals surface area contributed by atoms with Crippen molar-refractivity contribution in [3.63, 3.8) is 0 Å². The lowest BCUT2D eigenvalue weighted by molar-refractivity contribution is -0.129. The van der Waals surface area contributed by atoms with Crippen molar-refractivity contribution in [1.29, 1.82) is 0 Å². The summed E-state index contributed by atoms with van der Waals surface area (Å²) in [5.41, 5.74) is 8.39. The molecule has 0 unspecified atom stereocenters. The highest BCUT2D eigenvalue weighted by molar-refractivity contribution is 9.10. The topological polar surface area (TPSA) is 115 Å². The van der Waals surface area contributed by atoms with E-state index in [0.29, 0.717) is 37.4 Å². The van der Waals surface area contributed by atoms with Crippen LogP contribution in [0.3, 0.4) is 0 Å². The SMILES string of the molecule is Cc1nc2nc(N)nn2c(C)c1CCC(=O)N(C)CCc1ncc(Br)cn1. The van der Waals surface area contributed by atoms with Crippen LogP contribution in [0.25, 0.3) is 5.78 Å². The van der Waals surface area contributed by atoms with Crippen LogP contribution < -0.4 is 5.73 Å². The van der Waals surface area contributed by atoms with Crippen molar-refractivity contribution in [2.45, 2.75) is 33.1 Å². The van der Waals surface area contributed by atoms with Gasteiger partial charge in [-0.2, -0.15) is 9.50 Å². The number of fused-ring (bicyclic) bond motifs is 1. The molecule has 2 N–H and O–H groups in total. The molecule has 0 aromatic carbocycles. The Morgan fingerprint density at radius 2 is 1.93 bits per heavy atom. The van der Waals surface area contributed by atoms with Gasteiger partial charge in [-0.15, -0.1) is 5.10 Å². The second-order valence-electron chi connectivity index (χ2n) is 6.33. The van der Waals surface area contributed by atoms with Crippen molar-refractivity contribution in [2.75, 3.05) is 19.3 Å². The number of aromatic nitrogens is 6. The quantitative estimate of drug-likeness (QED) is 0.627. The molecule has 0 atom stereocenters. The van der Waals surface area contributed by atoms with Gasteiger partial charge in [-0.05, 0) is 41.8 Å². The first kappa shape index (κ1) is 19.2. The number of carbonyl (C=O) groups excluding carboxylic acids is 1. The summed E-state index contributed by atoms with van der Waals surface area (Å²) < 4.78 is 2.46. The number of hydrogen-bond acceptors (Lipinski definition) is 7. The first-order chi connectivity index (χ1) is 12.8. The van der Waals surface area contributed by atoms with E-state index in [1.807, 2.05) is 13.8 Å². The smallest absolute Gasteiger partial charge is 0.254 e. The maximum Gasteiger partial charge on any atom is 0.254 e. The van der Waals surface area contributed by atoms with E-state index in [-0.39, 0.29) is 11.9 Å². The third-order valence-electron chi connectivity index (χ3n) is 4.42. The van der Waals surface area contributed by atoms with Crippen LogP contribution in [0.15, 0.2) is 16.9 Å². The molecule has 0 aliphatic carbocycles. The van der Waals surface area contributed by atoms with Gasteiger partial charge in [0.2, 0.25) is 11.9 Å². The lowest BCUT2D eigenvalue weighted by Crippen LogP contribution is -2.29. The molecular formula is C17H21BrN8O. The third kappa shape index (κ3) is 4.38. The maximum atomic E-state index is 12.5. The van der Waals surface area contributed by atoms with Crippen molar-refractivity contribution in [2.24, 2.45) is 0 Å². The molecule has 9 nitrogen and oxygen atoms in total. The summed E-state index contributed by atoms with van der Waals surface area (Å²) in [6.07, 6.45) is 4.99. The molecule has 0 spiro atoms. The largest absolute Gasteiger partial charge is 0.366 e. The predicted octanol–water partition coefficient (Wildman–Crippen LogP) is 1.51. The number of amides is 1. The van der Waals surface area contributed by atoms with Crippen LogP contribution in [-0.4, -0.2) is 53.9 Å². The number of carbonyl (C=O) groups is 1. The van der Waals surface area contributed by atoms with E-state index in [1.54, 1.807) is 28.9 Å². The lowest BCUT2D eigenvalue weighted by Gasteiger charge is -2.17. The van der Waals surface area contributed by atoms with E-state index in [4.69, 9.17) is 5.73 Å². The van der Waals surface area contributed by atoms with Crippen molar-refractivity contribution >= 4 is 33.6 Å². The van der Waals surface area contributed by atoms with Crippen LogP contribution in [0.1, 0.15) is 29.2 Å². The number of anilines is 1. The molecule has 3 aromatic heterocycles. The van der Waals surface area contributed by atoms with Crippen LogP contribution in [0.2, 0.25) is 0 Å². The Kier molecular flexibility index (Phi) is 5.64. The number of hydrogen-bond donors (Lipinski definition) is 1. The summed E-state index contributed by atoms with van der Waals surface area (Å²) in [5, 5.41) is 4.15. The molecule has 0 saturated heterocycles. The summed E-state index contributed by atoms with van der Waals surface area (Å²) >= 11 is 3.31. The van der Waals surface area contributed by atoms with Crippen LogP contribution in [0.5, 0.6) is 0 Å². The average molecular weight is 433 g/mol. The molecule has 0 aliphatic heterocycles. The van der Waals surface area contributed by atoms with Crippen LogP contribution >= 0.6 is 15.9 Å². The van der Waals surface area contributed by atoms with Crippen molar-refractivity contribution in [1.82, 2.24) is 34.4 Å². The van der Waals surface area contributed by atoms with Crippen molar-refractivity contribution < 1.29 is 4.79 Å². The van der Waals surface area contributed by atoms with Gasteiger partial charge in [0.1, 0.15) is 5.82 Å². The van der Waals surface area contributed by atoms with Gasteiger partial charge >= 0.3 is 0 Å². The zero-order valence-corrected chi connectivity index (χ0v) is 17.1. The Bertz CT molecular complexity index is 969. The minimum Gasteiger partial charge on any atom is -0.366 e. The van der Waals surface area contributed by atoms with E-state index >= 15 is 0 Å². The molecule has 0 aliphatic rings. The highest BCUT2D eigenvalue weighted by Gasteiger charge is 2.15. The molecule has 3 rings (SSSR count). The second kappa shape index (κ2) is 7.95. The van der Waals surface area contributed by atoms with Gasteiger partial charge in [0, 0.05) is 50.2 Å². The normalized spacial score (nSPS) is 11.1. The van der Waals surface area contributed by atoms with E-state index in [0.717, 1.165) is 21.4 Å². The molecule has 10 heteroatoms.